The molecule has 1 saturated heterocycles. The molecule has 0 spiro atoms. The zero-order valence-electron chi connectivity index (χ0n) is 11.4. The second-order valence-corrected chi connectivity index (χ2v) is 5.11. The fourth-order valence-corrected chi connectivity index (χ4v) is 2.67. The molecule has 4 nitrogen and oxygen atoms in total. The summed E-state index contributed by atoms with van der Waals surface area (Å²) in [7, 11) is 1.45. The van der Waals surface area contributed by atoms with Gasteiger partial charge < -0.3 is 9.47 Å². The summed E-state index contributed by atoms with van der Waals surface area (Å²) < 4.78 is 24.6. The second-order valence-electron chi connectivity index (χ2n) is 5.11. The van der Waals surface area contributed by atoms with Crippen molar-refractivity contribution in [1.82, 2.24) is 5.43 Å². The van der Waals surface area contributed by atoms with E-state index in [1.165, 1.54) is 13.2 Å². The van der Waals surface area contributed by atoms with Crippen molar-refractivity contribution in [3.8, 4) is 5.75 Å². The number of hydrogen-bond donors (Lipinski definition) is 2. The van der Waals surface area contributed by atoms with E-state index < -0.39 is 5.60 Å². The quantitative estimate of drug-likeness (QED) is 0.650. The molecule has 0 radical (unpaired) electrons. The first-order chi connectivity index (χ1) is 9.10. The van der Waals surface area contributed by atoms with Crippen molar-refractivity contribution in [2.75, 3.05) is 13.7 Å². The Balaban J connectivity index is 2.28. The number of nitrogens with one attached hydrogen (secondary N) is 1. The van der Waals surface area contributed by atoms with Gasteiger partial charge in [0.1, 0.15) is 0 Å². The van der Waals surface area contributed by atoms with Crippen molar-refractivity contribution in [3.05, 3.63) is 29.6 Å². The smallest absolute Gasteiger partial charge is 0.165 e. The van der Waals surface area contributed by atoms with Crippen LogP contribution in [0.4, 0.5) is 4.39 Å². The molecule has 0 aliphatic carbocycles. The number of nitrogens with two attached hydrogens (primary N) is 1. The number of benzene rings is 1. The Hall–Kier alpha value is -1.17. The summed E-state index contributed by atoms with van der Waals surface area (Å²) in [5.41, 5.74) is 3.12. The van der Waals surface area contributed by atoms with Gasteiger partial charge in [0.15, 0.2) is 11.6 Å². The highest BCUT2D eigenvalue weighted by Gasteiger charge is 2.37. The summed E-state index contributed by atoms with van der Waals surface area (Å²) in [6.45, 7) is 2.73. The first kappa shape index (κ1) is 14.2. The minimum Gasteiger partial charge on any atom is -0.494 e. The summed E-state index contributed by atoms with van der Waals surface area (Å²) in [5.74, 6) is 5.50. The van der Waals surface area contributed by atoms with E-state index in [1.807, 2.05) is 13.0 Å². The minimum absolute atomic E-state index is 0.231. The molecule has 19 heavy (non-hydrogen) atoms. The molecule has 106 valence electrons. The van der Waals surface area contributed by atoms with Gasteiger partial charge in [-0.05, 0) is 43.9 Å². The number of halogens is 1. The van der Waals surface area contributed by atoms with Gasteiger partial charge >= 0.3 is 0 Å². The molecule has 1 heterocycles. The van der Waals surface area contributed by atoms with Crippen molar-refractivity contribution < 1.29 is 13.9 Å². The van der Waals surface area contributed by atoms with Crippen molar-refractivity contribution in [1.29, 1.82) is 0 Å². The molecule has 0 aromatic heterocycles. The number of hydrogen-bond acceptors (Lipinski definition) is 4. The van der Waals surface area contributed by atoms with Gasteiger partial charge in [-0.2, -0.15) is 0 Å². The maximum Gasteiger partial charge on any atom is 0.165 e. The molecule has 1 aliphatic heterocycles. The molecular weight excluding hydrogens is 247 g/mol. The van der Waals surface area contributed by atoms with Crippen LogP contribution in [-0.2, 0) is 4.74 Å². The molecule has 1 aromatic carbocycles. The fraction of sp³-hybridized carbons (Fsp3) is 0.571. The molecule has 1 aliphatic rings. The highest BCUT2D eigenvalue weighted by atomic mass is 19.1. The van der Waals surface area contributed by atoms with E-state index in [1.54, 1.807) is 6.07 Å². The average Bonchev–Trinajstić information content (AvgIpc) is 2.40. The van der Waals surface area contributed by atoms with Gasteiger partial charge in [-0.25, -0.2) is 4.39 Å². The lowest BCUT2D eigenvalue weighted by molar-refractivity contribution is -0.0899. The van der Waals surface area contributed by atoms with Crippen LogP contribution in [0.15, 0.2) is 18.2 Å². The van der Waals surface area contributed by atoms with Gasteiger partial charge in [0.2, 0.25) is 0 Å². The van der Waals surface area contributed by atoms with Gasteiger partial charge in [0.05, 0.1) is 18.8 Å². The maximum atomic E-state index is 13.8. The van der Waals surface area contributed by atoms with E-state index in [9.17, 15) is 4.39 Å². The van der Waals surface area contributed by atoms with Crippen LogP contribution in [0.25, 0.3) is 0 Å². The Morgan fingerprint density at radius 3 is 2.79 bits per heavy atom. The Morgan fingerprint density at radius 2 is 2.26 bits per heavy atom. The van der Waals surface area contributed by atoms with E-state index in [2.05, 4.69) is 5.43 Å². The normalized spacial score (nSPS) is 25.1. The Kier molecular flexibility index (Phi) is 4.39. The number of ether oxygens (including phenoxy) is 2. The predicted molar refractivity (Wildman–Crippen MR) is 71.2 cm³/mol. The molecule has 2 unspecified atom stereocenters. The molecule has 1 fully saturated rings. The van der Waals surface area contributed by atoms with Gasteiger partial charge in [-0.15, -0.1) is 0 Å². The topological polar surface area (TPSA) is 56.5 Å². The molecule has 2 atom stereocenters. The van der Waals surface area contributed by atoms with Crippen molar-refractivity contribution >= 4 is 0 Å². The highest BCUT2D eigenvalue weighted by Crippen LogP contribution is 2.37. The molecule has 0 amide bonds. The van der Waals surface area contributed by atoms with Crippen LogP contribution in [0.5, 0.6) is 5.75 Å². The van der Waals surface area contributed by atoms with Crippen LogP contribution in [0.2, 0.25) is 0 Å². The lowest BCUT2D eigenvalue weighted by Crippen LogP contribution is -2.48. The molecule has 1 aromatic rings. The molecular formula is C14H21FN2O2. The molecule has 0 saturated carbocycles. The standard InChI is InChI=1S/C14H21FN2O2/c1-14(7-3-4-8-19-14)13(17-16)10-5-6-12(18-2)11(15)9-10/h5-6,9,13,17H,3-4,7-8,16H2,1-2H3. The number of hydrazine groups is 1. The highest BCUT2D eigenvalue weighted by molar-refractivity contribution is 5.32. The van der Waals surface area contributed by atoms with Crippen LogP contribution in [0, 0.1) is 5.82 Å². The van der Waals surface area contributed by atoms with Crippen LogP contribution in [0.3, 0.4) is 0 Å². The van der Waals surface area contributed by atoms with E-state index >= 15 is 0 Å². The van der Waals surface area contributed by atoms with Crippen molar-refractivity contribution in [2.45, 2.75) is 37.8 Å². The predicted octanol–water partition coefficient (Wildman–Crippen LogP) is 2.30. The zero-order chi connectivity index (χ0) is 13.9. The summed E-state index contributed by atoms with van der Waals surface area (Å²) in [4.78, 5) is 0. The summed E-state index contributed by atoms with van der Waals surface area (Å²) in [6, 6.07) is 4.64. The Labute approximate surface area is 113 Å². The minimum atomic E-state index is -0.409. The molecule has 3 N–H and O–H groups in total. The largest absolute Gasteiger partial charge is 0.494 e. The van der Waals surface area contributed by atoms with E-state index in [0.717, 1.165) is 24.8 Å². The second kappa shape index (κ2) is 5.86. The first-order valence-electron chi connectivity index (χ1n) is 6.54. The molecule has 2 rings (SSSR count). The van der Waals surface area contributed by atoms with Crippen molar-refractivity contribution in [2.24, 2.45) is 5.84 Å². The monoisotopic (exact) mass is 268 g/mol. The zero-order valence-corrected chi connectivity index (χ0v) is 11.4. The maximum absolute atomic E-state index is 13.8. The third kappa shape index (κ3) is 2.88. The Bertz CT molecular complexity index is 433. The van der Waals surface area contributed by atoms with Gasteiger partial charge in [0, 0.05) is 6.61 Å². The van der Waals surface area contributed by atoms with Gasteiger partial charge in [0.25, 0.3) is 0 Å². The SMILES string of the molecule is COc1ccc(C(NN)C2(C)CCCCO2)cc1F. The summed E-state index contributed by atoms with van der Waals surface area (Å²) >= 11 is 0. The Morgan fingerprint density at radius 1 is 1.47 bits per heavy atom. The lowest BCUT2D eigenvalue weighted by atomic mass is 9.84. The van der Waals surface area contributed by atoms with Gasteiger partial charge in [-0.3, -0.25) is 11.3 Å². The number of rotatable bonds is 4. The van der Waals surface area contributed by atoms with Crippen molar-refractivity contribution in [3.63, 3.8) is 0 Å². The lowest BCUT2D eigenvalue weighted by Gasteiger charge is -2.40. The van der Waals surface area contributed by atoms with Gasteiger partial charge in [-0.1, -0.05) is 6.07 Å². The fourth-order valence-electron chi connectivity index (χ4n) is 2.67. The third-order valence-electron chi connectivity index (χ3n) is 3.79. The van der Waals surface area contributed by atoms with Crippen LogP contribution < -0.4 is 16.0 Å². The van der Waals surface area contributed by atoms with E-state index in [-0.39, 0.29) is 17.6 Å². The van der Waals surface area contributed by atoms with Crippen LogP contribution in [-0.4, -0.2) is 19.3 Å². The number of methoxy groups -OCH3 is 1. The third-order valence-corrected chi connectivity index (χ3v) is 3.79. The van der Waals surface area contributed by atoms with Crippen LogP contribution >= 0.6 is 0 Å². The van der Waals surface area contributed by atoms with E-state index in [4.69, 9.17) is 15.3 Å². The summed E-state index contributed by atoms with van der Waals surface area (Å²) in [6.07, 6.45) is 3.05. The summed E-state index contributed by atoms with van der Waals surface area (Å²) in [5, 5.41) is 0. The first-order valence-corrected chi connectivity index (χ1v) is 6.54. The molecule has 0 bridgehead atoms. The van der Waals surface area contributed by atoms with Crippen LogP contribution in [0.1, 0.15) is 37.8 Å². The van der Waals surface area contributed by atoms with E-state index in [0.29, 0.717) is 6.61 Å². The molecule has 5 heteroatoms. The average molecular weight is 268 g/mol.